The van der Waals surface area contributed by atoms with E-state index in [-0.39, 0.29) is 16.6 Å². The molecule has 2 aromatic carbocycles. The lowest BCUT2D eigenvalue weighted by Crippen LogP contribution is -2.47. The number of anilines is 2. The molecule has 1 fully saturated rings. The van der Waals surface area contributed by atoms with E-state index in [2.05, 4.69) is 20.4 Å². The maximum absolute atomic E-state index is 11.9. The first kappa shape index (κ1) is 19.6. The molecule has 0 atom stereocenters. The van der Waals surface area contributed by atoms with Gasteiger partial charge in [-0.15, -0.1) is 0 Å². The second kappa shape index (κ2) is 9.70. The van der Waals surface area contributed by atoms with Crippen LogP contribution >= 0.6 is 0 Å². The van der Waals surface area contributed by atoms with Gasteiger partial charge < -0.3 is 15.5 Å². The Labute approximate surface area is 164 Å². The number of carbonyl (C=O) groups excluding carboxylic acids is 1. The number of amides is 2. The van der Waals surface area contributed by atoms with Crippen molar-refractivity contribution in [1.82, 2.24) is 10.2 Å². The van der Waals surface area contributed by atoms with Crippen LogP contribution in [0.15, 0.2) is 54.6 Å². The summed E-state index contributed by atoms with van der Waals surface area (Å²) in [5.41, 5.74) is 1.61. The van der Waals surface area contributed by atoms with E-state index in [0.717, 1.165) is 44.8 Å². The number of urea groups is 1. The van der Waals surface area contributed by atoms with Crippen molar-refractivity contribution in [3.8, 4) is 0 Å². The molecule has 8 heteroatoms. The summed E-state index contributed by atoms with van der Waals surface area (Å²) in [6.45, 7) is 4.70. The van der Waals surface area contributed by atoms with Crippen LogP contribution in [0.4, 0.5) is 21.9 Å². The second-order valence-electron chi connectivity index (χ2n) is 6.67. The molecule has 8 nitrogen and oxygen atoms in total. The number of para-hydroxylation sites is 3. The normalized spacial score (nSPS) is 14.5. The summed E-state index contributed by atoms with van der Waals surface area (Å²) in [7, 11) is 0. The van der Waals surface area contributed by atoms with E-state index < -0.39 is 0 Å². The van der Waals surface area contributed by atoms with E-state index >= 15 is 0 Å². The summed E-state index contributed by atoms with van der Waals surface area (Å²) in [4.78, 5) is 27.1. The van der Waals surface area contributed by atoms with Crippen LogP contribution in [-0.4, -0.2) is 55.1 Å². The van der Waals surface area contributed by atoms with E-state index in [1.165, 1.54) is 0 Å². The molecule has 1 aliphatic rings. The minimum Gasteiger partial charge on any atom is -0.363 e. The fourth-order valence-corrected chi connectivity index (χ4v) is 3.30. The number of nitro benzene ring substituents is 1. The van der Waals surface area contributed by atoms with Crippen LogP contribution < -0.4 is 15.5 Å². The van der Waals surface area contributed by atoms with Crippen molar-refractivity contribution in [1.29, 1.82) is 0 Å². The standard InChI is InChI=1S/C20H25N5O3/c26-20(22-17-7-2-1-3-8-17)21-11-6-12-23-13-15-24(16-14-23)18-9-4-5-10-19(18)25(27)28/h1-5,7-10H,6,11-16H2,(H2,21,22,26). The van der Waals surface area contributed by atoms with Crippen molar-refractivity contribution in [3.63, 3.8) is 0 Å². The lowest BCUT2D eigenvalue weighted by Gasteiger charge is -2.35. The lowest BCUT2D eigenvalue weighted by atomic mass is 10.2. The summed E-state index contributed by atoms with van der Waals surface area (Å²) in [6, 6.07) is 16.0. The maximum Gasteiger partial charge on any atom is 0.319 e. The average molecular weight is 383 g/mol. The van der Waals surface area contributed by atoms with Crippen molar-refractivity contribution in [3.05, 3.63) is 64.7 Å². The number of nitrogens with zero attached hydrogens (tertiary/aromatic N) is 3. The Morgan fingerprint density at radius 2 is 1.68 bits per heavy atom. The zero-order valence-electron chi connectivity index (χ0n) is 15.7. The predicted octanol–water partition coefficient (Wildman–Crippen LogP) is 2.93. The molecule has 0 aromatic heterocycles. The monoisotopic (exact) mass is 383 g/mol. The number of hydrogen-bond acceptors (Lipinski definition) is 5. The van der Waals surface area contributed by atoms with Gasteiger partial charge in [0, 0.05) is 44.5 Å². The highest BCUT2D eigenvalue weighted by atomic mass is 16.6. The van der Waals surface area contributed by atoms with Gasteiger partial charge in [0.25, 0.3) is 5.69 Å². The van der Waals surface area contributed by atoms with Gasteiger partial charge in [0.2, 0.25) is 0 Å². The van der Waals surface area contributed by atoms with Crippen molar-refractivity contribution in [2.45, 2.75) is 6.42 Å². The maximum atomic E-state index is 11.9. The fraction of sp³-hybridized carbons (Fsp3) is 0.350. The molecule has 0 aliphatic carbocycles. The van der Waals surface area contributed by atoms with Gasteiger partial charge in [-0.2, -0.15) is 0 Å². The molecule has 28 heavy (non-hydrogen) atoms. The molecular formula is C20H25N5O3. The third kappa shape index (κ3) is 5.43. The van der Waals surface area contributed by atoms with Gasteiger partial charge in [-0.1, -0.05) is 30.3 Å². The second-order valence-corrected chi connectivity index (χ2v) is 6.67. The summed E-state index contributed by atoms with van der Waals surface area (Å²) < 4.78 is 0. The fourth-order valence-electron chi connectivity index (χ4n) is 3.30. The molecule has 2 amide bonds. The number of piperazine rings is 1. The van der Waals surface area contributed by atoms with Crippen molar-refractivity contribution >= 4 is 23.1 Å². The number of hydrogen-bond donors (Lipinski definition) is 2. The summed E-state index contributed by atoms with van der Waals surface area (Å²) in [6.07, 6.45) is 0.855. The highest BCUT2D eigenvalue weighted by molar-refractivity contribution is 5.89. The van der Waals surface area contributed by atoms with E-state index in [1.807, 2.05) is 42.5 Å². The molecule has 3 rings (SSSR count). The van der Waals surface area contributed by atoms with E-state index in [0.29, 0.717) is 12.2 Å². The van der Waals surface area contributed by atoms with Gasteiger partial charge >= 0.3 is 6.03 Å². The SMILES string of the molecule is O=C(NCCCN1CCN(c2ccccc2[N+](=O)[O-])CC1)Nc1ccccc1. The first-order valence-electron chi connectivity index (χ1n) is 9.44. The third-order valence-corrected chi connectivity index (χ3v) is 4.76. The largest absolute Gasteiger partial charge is 0.363 e. The Morgan fingerprint density at radius 1 is 1.00 bits per heavy atom. The van der Waals surface area contributed by atoms with E-state index in [9.17, 15) is 14.9 Å². The molecule has 2 aromatic rings. The lowest BCUT2D eigenvalue weighted by molar-refractivity contribution is -0.384. The highest BCUT2D eigenvalue weighted by Gasteiger charge is 2.22. The molecule has 0 radical (unpaired) electrons. The van der Waals surface area contributed by atoms with Crippen molar-refractivity contribution in [2.24, 2.45) is 0 Å². The molecule has 0 spiro atoms. The van der Waals surface area contributed by atoms with Crippen LogP contribution in [0.1, 0.15) is 6.42 Å². The molecule has 1 aliphatic heterocycles. The number of rotatable bonds is 7. The van der Waals surface area contributed by atoms with Gasteiger partial charge in [-0.3, -0.25) is 15.0 Å². The first-order valence-corrected chi connectivity index (χ1v) is 9.44. The average Bonchev–Trinajstić information content (AvgIpc) is 2.72. The summed E-state index contributed by atoms with van der Waals surface area (Å²) in [5.74, 6) is 0. The Kier molecular flexibility index (Phi) is 6.80. The number of benzene rings is 2. The molecule has 1 saturated heterocycles. The number of nitro groups is 1. The van der Waals surface area contributed by atoms with Crippen LogP contribution in [0, 0.1) is 10.1 Å². The van der Waals surface area contributed by atoms with Crippen LogP contribution in [-0.2, 0) is 0 Å². The Balaban J connectivity index is 1.36. The Bertz CT molecular complexity index is 791. The quantitative estimate of drug-likeness (QED) is 0.436. The first-order chi connectivity index (χ1) is 13.6. The van der Waals surface area contributed by atoms with Gasteiger partial charge in [0.15, 0.2) is 0 Å². The number of nitrogens with one attached hydrogen (secondary N) is 2. The Hall–Kier alpha value is -3.13. The van der Waals surface area contributed by atoms with Crippen molar-refractivity contribution < 1.29 is 9.72 Å². The van der Waals surface area contributed by atoms with Crippen LogP contribution in [0.5, 0.6) is 0 Å². The highest BCUT2D eigenvalue weighted by Crippen LogP contribution is 2.28. The molecule has 148 valence electrons. The van der Waals surface area contributed by atoms with Gasteiger partial charge in [-0.05, 0) is 31.2 Å². The van der Waals surface area contributed by atoms with Crippen LogP contribution in [0.2, 0.25) is 0 Å². The molecule has 2 N–H and O–H groups in total. The topological polar surface area (TPSA) is 90.8 Å². The smallest absolute Gasteiger partial charge is 0.319 e. The molecule has 0 saturated carbocycles. The zero-order chi connectivity index (χ0) is 19.8. The molecule has 0 unspecified atom stereocenters. The van der Waals surface area contributed by atoms with E-state index in [4.69, 9.17) is 0 Å². The van der Waals surface area contributed by atoms with Crippen molar-refractivity contribution in [2.75, 3.05) is 49.5 Å². The van der Waals surface area contributed by atoms with Crippen LogP contribution in [0.25, 0.3) is 0 Å². The molecule has 1 heterocycles. The third-order valence-electron chi connectivity index (χ3n) is 4.76. The number of carbonyl (C=O) groups is 1. The van der Waals surface area contributed by atoms with Crippen LogP contribution in [0.3, 0.4) is 0 Å². The summed E-state index contributed by atoms with van der Waals surface area (Å²) in [5, 5.41) is 16.9. The minimum absolute atomic E-state index is 0.157. The van der Waals surface area contributed by atoms with Gasteiger partial charge in [-0.25, -0.2) is 4.79 Å². The predicted molar refractivity (Wildman–Crippen MR) is 110 cm³/mol. The molecular weight excluding hydrogens is 358 g/mol. The van der Waals surface area contributed by atoms with E-state index in [1.54, 1.807) is 12.1 Å². The molecule has 0 bridgehead atoms. The van der Waals surface area contributed by atoms with Gasteiger partial charge in [0.05, 0.1) is 4.92 Å². The minimum atomic E-state index is -0.326. The zero-order valence-corrected chi connectivity index (χ0v) is 15.7. The summed E-state index contributed by atoms with van der Waals surface area (Å²) >= 11 is 0. The van der Waals surface area contributed by atoms with Gasteiger partial charge in [0.1, 0.15) is 5.69 Å². The Morgan fingerprint density at radius 3 is 2.39 bits per heavy atom.